The van der Waals surface area contributed by atoms with Gasteiger partial charge in [0.25, 0.3) is 29.4 Å². The number of thiazole rings is 1. The highest BCUT2D eigenvalue weighted by molar-refractivity contribution is 8.01. The number of carbonyl (C=O) groups excluding carboxylic acids is 4. The fraction of sp³-hybridized carbons (Fsp3) is 0.222. The van der Waals surface area contributed by atoms with E-state index in [0.29, 0.717) is 21.9 Å². The second kappa shape index (κ2) is 16.5. The summed E-state index contributed by atoms with van der Waals surface area (Å²) >= 11 is 3.44. The van der Waals surface area contributed by atoms with Crippen molar-refractivity contribution < 1.29 is 54.3 Å². The minimum absolute atomic E-state index is 0.0526. The zero-order chi connectivity index (χ0) is 43.9. The molecule has 3 aromatic heterocycles. The number of amides is 4. The fourth-order valence-corrected chi connectivity index (χ4v) is 8.89. The van der Waals surface area contributed by atoms with Gasteiger partial charge in [0.05, 0.1) is 0 Å². The molecule has 7 rings (SSSR count). The number of anilines is 1. The van der Waals surface area contributed by atoms with Gasteiger partial charge in [-0.1, -0.05) is 5.16 Å². The van der Waals surface area contributed by atoms with Crippen LogP contribution in [0.5, 0.6) is 23.0 Å². The third kappa shape index (κ3) is 8.50. The van der Waals surface area contributed by atoms with Crippen LogP contribution in [0.15, 0.2) is 69.3 Å². The van der Waals surface area contributed by atoms with Gasteiger partial charge in [0, 0.05) is 33.7 Å². The number of benzene rings is 2. The summed E-state index contributed by atoms with van der Waals surface area (Å²) in [5, 5.41) is 61.4. The average molecular weight is 892 g/mol. The molecule has 0 unspecified atom stereocenters. The second-order valence-electron chi connectivity index (χ2n) is 13.7. The molecule has 2 aliphatic heterocycles. The van der Waals surface area contributed by atoms with Crippen molar-refractivity contribution in [2.24, 2.45) is 5.16 Å². The molecule has 25 heteroatoms. The van der Waals surface area contributed by atoms with Crippen LogP contribution in [0.25, 0.3) is 17.2 Å². The smallest absolute Gasteiger partial charge is 0.352 e. The number of nitrogens with two attached hydrogens (primary N) is 1. The van der Waals surface area contributed by atoms with Crippen LogP contribution in [0.4, 0.5) is 5.13 Å². The number of hydrogen-bond donors (Lipinski definition) is 9. The molecule has 0 radical (unpaired) electrons. The predicted molar refractivity (Wildman–Crippen MR) is 218 cm³/mol. The zero-order valence-electron chi connectivity index (χ0n) is 31.8. The number of carboxylic acid groups (broad SMARTS) is 1. The van der Waals surface area contributed by atoms with E-state index in [1.807, 2.05) is 0 Å². The van der Waals surface area contributed by atoms with E-state index in [2.05, 4.69) is 41.4 Å². The number of phenolic OH excluding ortho intramolecular Hbond substituents is 4. The molecule has 1 saturated heterocycles. The Bertz CT molecular complexity index is 2720. The Morgan fingerprint density at radius 1 is 1.00 bits per heavy atom. The molecule has 61 heavy (non-hydrogen) atoms. The molecule has 22 nitrogen and oxygen atoms in total. The van der Waals surface area contributed by atoms with E-state index < -0.39 is 63.8 Å². The number of β-lactam (4-membered cyclic amide) rings is 1. The third-order valence-electron chi connectivity index (χ3n) is 8.99. The lowest BCUT2D eigenvalue weighted by molar-refractivity contribution is -0.150. The highest BCUT2D eigenvalue weighted by Crippen LogP contribution is 2.42. The van der Waals surface area contributed by atoms with Crippen LogP contribution in [0.1, 0.15) is 35.6 Å². The van der Waals surface area contributed by atoms with Crippen molar-refractivity contribution in [2.75, 3.05) is 17.2 Å². The third-order valence-corrected chi connectivity index (χ3v) is 12.1. The molecule has 5 heterocycles. The van der Waals surface area contributed by atoms with E-state index in [-0.39, 0.29) is 56.7 Å². The minimum atomic E-state index is -1.83. The van der Waals surface area contributed by atoms with E-state index in [4.69, 9.17) is 10.6 Å². The summed E-state index contributed by atoms with van der Waals surface area (Å²) in [6.45, 7) is 4.31. The molecular weight excluding hydrogens is 859 g/mol. The molecule has 0 bridgehead atoms. The summed E-state index contributed by atoms with van der Waals surface area (Å²) in [5.41, 5.74) is 8.87. The van der Waals surface area contributed by atoms with Gasteiger partial charge in [-0.25, -0.2) is 14.8 Å². The normalized spacial score (nSPS) is 16.5. The standard InChI is InChI=1S/C36H33N11O11S3/c1-14-8-23(47-35(38-14)41-27(44-47)15-4-6-19(48)21(50)9-15)59-11-17-12-60-31-25(30(54)46(31)26(17)32(55)56)40-29(53)24(18-13-61-34(37)39-18)45-58-36(2,3)33(57)43-42-28(52)16-5-7-20(49)22(51)10-16/h4-10,13,25,31,48-51H,11-12H2,1-3H3,(H2,37,39)(H,40,53)(H,42,52)(H,43,57)(H,55,56)/b45-24-/t25-,31-/m1/s1. The topological polar surface area (TPSA) is 329 Å². The number of carboxylic acids is 1. The van der Waals surface area contributed by atoms with Crippen molar-refractivity contribution in [1.82, 2.24) is 45.6 Å². The number of nitrogens with zero attached hydrogens (tertiary/aromatic N) is 7. The van der Waals surface area contributed by atoms with Crippen LogP contribution < -0.4 is 21.9 Å². The van der Waals surface area contributed by atoms with Crippen molar-refractivity contribution in [3.63, 3.8) is 0 Å². The molecule has 0 spiro atoms. The van der Waals surface area contributed by atoms with Gasteiger partial charge in [0.2, 0.25) is 5.60 Å². The van der Waals surface area contributed by atoms with E-state index in [1.54, 1.807) is 13.0 Å². The first-order valence-electron chi connectivity index (χ1n) is 17.6. The molecule has 5 aromatic rings. The average Bonchev–Trinajstić information content (AvgIpc) is 3.85. The monoisotopic (exact) mass is 891 g/mol. The molecule has 1 fully saturated rings. The summed E-state index contributed by atoms with van der Waals surface area (Å²) in [6.07, 6.45) is 0. The molecule has 2 aromatic carbocycles. The number of nitrogen functional groups attached to an aromatic ring is 1. The van der Waals surface area contributed by atoms with Gasteiger partial charge in [-0.15, -0.1) is 40.0 Å². The summed E-state index contributed by atoms with van der Waals surface area (Å²) in [7, 11) is 0. The number of carbonyl (C=O) groups is 5. The van der Waals surface area contributed by atoms with Gasteiger partial charge in [-0.3, -0.25) is 34.9 Å². The quantitative estimate of drug-likeness (QED) is 0.0214. The second-order valence-corrected chi connectivity index (χ2v) is 16.7. The molecule has 0 saturated carbocycles. The number of oxime groups is 1. The fourth-order valence-electron chi connectivity index (χ4n) is 5.81. The largest absolute Gasteiger partial charge is 0.504 e. The Morgan fingerprint density at radius 2 is 1.72 bits per heavy atom. The molecule has 0 aliphatic carbocycles. The lowest BCUT2D eigenvalue weighted by atomic mass is 10.0. The number of hydrazine groups is 1. The van der Waals surface area contributed by atoms with Crippen LogP contribution in [-0.4, -0.2) is 119 Å². The lowest BCUT2D eigenvalue weighted by Crippen LogP contribution is -2.71. The first-order chi connectivity index (χ1) is 28.9. The molecular formula is C36H33N11O11S3. The van der Waals surface area contributed by atoms with Crippen molar-refractivity contribution in [1.29, 1.82) is 0 Å². The maximum absolute atomic E-state index is 13.7. The van der Waals surface area contributed by atoms with Crippen LogP contribution >= 0.6 is 34.9 Å². The molecule has 316 valence electrons. The van der Waals surface area contributed by atoms with Gasteiger partial charge in [0.1, 0.15) is 27.8 Å². The molecule has 2 atom stereocenters. The Kier molecular flexibility index (Phi) is 11.4. The molecule has 2 aliphatic rings. The molecule has 4 amide bonds. The van der Waals surface area contributed by atoms with E-state index >= 15 is 0 Å². The van der Waals surface area contributed by atoms with Gasteiger partial charge in [0.15, 0.2) is 39.7 Å². The number of hydrogen-bond acceptors (Lipinski definition) is 19. The van der Waals surface area contributed by atoms with Gasteiger partial charge in [-0.2, -0.15) is 9.50 Å². The number of aromatic nitrogens is 5. The highest BCUT2D eigenvalue weighted by atomic mass is 32.2. The van der Waals surface area contributed by atoms with Crippen molar-refractivity contribution in [3.05, 3.63) is 76.1 Å². The summed E-state index contributed by atoms with van der Waals surface area (Å²) < 4.78 is 1.47. The lowest BCUT2D eigenvalue weighted by Gasteiger charge is -2.49. The number of rotatable bonds is 12. The first-order valence-corrected chi connectivity index (χ1v) is 20.5. The van der Waals surface area contributed by atoms with Crippen molar-refractivity contribution in [2.45, 2.75) is 42.8 Å². The number of phenols is 4. The van der Waals surface area contributed by atoms with Crippen LogP contribution in [0.3, 0.4) is 0 Å². The Labute approximate surface area is 355 Å². The van der Waals surface area contributed by atoms with Gasteiger partial charge < -0.3 is 41.4 Å². The van der Waals surface area contributed by atoms with Gasteiger partial charge >= 0.3 is 5.97 Å². The van der Waals surface area contributed by atoms with Crippen LogP contribution in [-0.2, 0) is 24.0 Å². The SMILES string of the molecule is Cc1cc(SCC2=C(C(=O)O)N3C(=O)[C@@H](NC(=O)/C(=N\OC(C)(C)C(=O)NNC(=O)c4ccc(O)c(O)c4)c4csc(N)n4)[C@H]3SC2)n2nc(-c3ccc(O)c(O)c3)nc2n1. The Hall–Kier alpha value is -7.12. The Balaban J connectivity index is 1.04. The van der Waals surface area contributed by atoms with E-state index in [0.717, 1.165) is 28.4 Å². The summed E-state index contributed by atoms with van der Waals surface area (Å²) in [4.78, 5) is 85.0. The Morgan fingerprint density at radius 3 is 2.39 bits per heavy atom. The van der Waals surface area contributed by atoms with Crippen molar-refractivity contribution >= 4 is 81.1 Å². The number of aromatic hydroxyl groups is 4. The minimum Gasteiger partial charge on any atom is -0.504 e. The molecule has 10 N–H and O–H groups in total. The van der Waals surface area contributed by atoms with Crippen LogP contribution in [0.2, 0.25) is 0 Å². The summed E-state index contributed by atoms with van der Waals surface area (Å²) in [5.74, 6) is -5.66. The highest BCUT2D eigenvalue weighted by Gasteiger charge is 2.54. The van der Waals surface area contributed by atoms with Crippen molar-refractivity contribution in [3.8, 4) is 34.4 Å². The first kappa shape index (κ1) is 42.0. The zero-order valence-corrected chi connectivity index (χ0v) is 34.3. The number of thioether (sulfide) groups is 2. The van der Waals surface area contributed by atoms with E-state index in [9.17, 15) is 49.5 Å². The predicted octanol–water partition coefficient (Wildman–Crippen LogP) is 1.45. The number of aliphatic carboxylic acids is 1. The number of nitrogens with one attached hydrogen (secondary N) is 3. The summed E-state index contributed by atoms with van der Waals surface area (Å²) in [6, 6.07) is 7.96. The number of aryl methyl sites for hydroxylation is 1. The van der Waals surface area contributed by atoms with E-state index in [1.165, 1.54) is 71.5 Å². The maximum atomic E-state index is 13.7. The maximum Gasteiger partial charge on any atom is 0.352 e. The van der Waals surface area contributed by atoms with Crippen LogP contribution in [0, 0.1) is 6.92 Å². The number of fused-ring (bicyclic) bond motifs is 2. The van der Waals surface area contributed by atoms with Gasteiger partial charge in [-0.05, 0) is 68.8 Å².